The third kappa shape index (κ3) is 3.93. The van der Waals surface area contributed by atoms with E-state index in [1.54, 1.807) is 7.11 Å². The number of nitrogens with two attached hydrogens (primary N) is 1. The van der Waals surface area contributed by atoms with Gasteiger partial charge in [-0.25, -0.2) is 0 Å². The van der Waals surface area contributed by atoms with Crippen LogP contribution in [-0.4, -0.2) is 26.2 Å². The Morgan fingerprint density at radius 3 is 2.64 bits per heavy atom. The fraction of sp³-hybridized carbons (Fsp3) is 0.611. The number of para-hydroxylation sites is 1. The summed E-state index contributed by atoms with van der Waals surface area (Å²) in [6.45, 7) is 5.91. The van der Waals surface area contributed by atoms with Crippen molar-refractivity contribution in [3.8, 4) is 5.75 Å². The first-order valence-corrected chi connectivity index (χ1v) is 8.25. The van der Waals surface area contributed by atoms with E-state index < -0.39 is 0 Å². The minimum atomic E-state index is 0.0662. The molecular formula is C18H29N3O. The molecule has 1 fully saturated rings. The van der Waals surface area contributed by atoms with Crippen LogP contribution in [0.5, 0.6) is 5.75 Å². The molecule has 0 saturated heterocycles. The van der Waals surface area contributed by atoms with Gasteiger partial charge in [0.25, 0.3) is 0 Å². The number of nitrogens with zero attached hydrogens (tertiary/aromatic N) is 1. The summed E-state index contributed by atoms with van der Waals surface area (Å²) in [4.78, 5) is 4.63. The third-order valence-electron chi connectivity index (χ3n) is 4.48. The molecule has 1 saturated carbocycles. The van der Waals surface area contributed by atoms with E-state index in [1.807, 2.05) is 12.1 Å². The highest BCUT2D eigenvalue weighted by molar-refractivity contribution is 5.77. The molecule has 0 unspecified atom stereocenters. The van der Waals surface area contributed by atoms with E-state index in [0.717, 1.165) is 31.7 Å². The molecule has 2 rings (SSSR count). The molecule has 1 aromatic carbocycles. The summed E-state index contributed by atoms with van der Waals surface area (Å²) < 4.78 is 5.57. The van der Waals surface area contributed by atoms with Crippen molar-refractivity contribution >= 4 is 5.96 Å². The van der Waals surface area contributed by atoms with Gasteiger partial charge in [0.15, 0.2) is 5.96 Å². The van der Waals surface area contributed by atoms with Gasteiger partial charge in [-0.1, -0.05) is 44.9 Å². The molecule has 0 radical (unpaired) electrons. The van der Waals surface area contributed by atoms with Crippen LogP contribution in [0, 0.1) is 5.92 Å². The Morgan fingerprint density at radius 1 is 1.32 bits per heavy atom. The topological polar surface area (TPSA) is 59.6 Å². The van der Waals surface area contributed by atoms with Crippen LogP contribution in [0.2, 0.25) is 0 Å². The van der Waals surface area contributed by atoms with Gasteiger partial charge < -0.3 is 15.8 Å². The number of aliphatic imine (C=N–C) groups is 1. The van der Waals surface area contributed by atoms with Crippen LogP contribution in [0.3, 0.4) is 0 Å². The highest BCUT2D eigenvalue weighted by atomic mass is 16.5. The highest BCUT2D eigenvalue weighted by Gasteiger charge is 2.37. The van der Waals surface area contributed by atoms with Gasteiger partial charge in [-0.3, -0.25) is 4.99 Å². The Bertz CT molecular complexity index is 505. The first-order valence-electron chi connectivity index (χ1n) is 8.25. The molecule has 1 aliphatic carbocycles. The van der Waals surface area contributed by atoms with Gasteiger partial charge in [-0.05, 0) is 24.8 Å². The Labute approximate surface area is 134 Å². The summed E-state index contributed by atoms with van der Waals surface area (Å²) in [5.41, 5.74) is 7.35. The van der Waals surface area contributed by atoms with Crippen molar-refractivity contribution in [2.45, 2.75) is 44.9 Å². The summed E-state index contributed by atoms with van der Waals surface area (Å²) >= 11 is 0. The van der Waals surface area contributed by atoms with Crippen molar-refractivity contribution in [3.63, 3.8) is 0 Å². The largest absolute Gasteiger partial charge is 0.496 e. The number of methoxy groups -OCH3 is 1. The SMILES string of the molecule is COc1ccccc1C1(CN=C(N)NCC(C)C)CCCC1. The van der Waals surface area contributed by atoms with Gasteiger partial charge >= 0.3 is 0 Å². The van der Waals surface area contributed by atoms with Crippen molar-refractivity contribution in [3.05, 3.63) is 29.8 Å². The first kappa shape index (κ1) is 16.7. The summed E-state index contributed by atoms with van der Waals surface area (Å²) in [5.74, 6) is 2.08. The van der Waals surface area contributed by atoms with Crippen LogP contribution in [0.15, 0.2) is 29.3 Å². The predicted octanol–water partition coefficient (Wildman–Crippen LogP) is 3.07. The van der Waals surface area contributed by atoms with Crippen LogP contribution in [0.4, 0.5) is 0 Å². The zero-order chi connectivity index (χ0) is 16.0. The van der Waals surface area contributed by atoms with Gasteiger partial charge in [0.05, 0.1) is 13.7 Å². The van der Waals surface area contributed by atoms with E-state index in [9.17, 15) is 0 Å². The lowest BCUT2D eigenvalue weighted by atomic mass is 9.78. The molecule has 0 atom stereocenters. The molecule has 0 aromatic heterocycles. The molecule has 22 heavy (non-hydrogen) atoms. The average molecular weight is 303 g/mol. The molecule has 0 aliphatic heterocycles. The van der Waals surface area contributed by atoms with E-state index >= 15 is 0 Å². The highest BCUT2D eigenvalue weighted by Crippen LogP contribution is 2.44. The number of hydrogen-bond acceptors (Lipinski definition) is 2. The van der Waals surface area contributed by atoms with Crippen LogP contribution in [0.1, 0.15) is 45.1 Å². The van der Waals surface area contributed by atoms with E-state index in [2.05, 4.69) is 36.3 Å². The molecule has 122 valence electrons. The molecule has 1 aromatic rings. The fourth-order valence-electron chi connectivity index (χ4n) is 3.25. The Hall–Kier alpha value is -1.71. The lowest BCUT2D eigenvalue weighted by molar-refractivity contribution is 0.378. The predicted molar refractivity (Wildman–Crippen MR) is 92.5 cm³/mol. The summed E-state index contributed by atoms with van der Waals surface area (Å²) in [6.07, 6.45) is 4.78. The van der Waals surface area contributed by atoms with Crippen molar-refractivity contribution in [2.75, 3.05) is 20.2 Å². The van der Waals surface area contributed by atoms with Crippen molar-refractivity contribution < 1.29 is 4.74 Å². The molecule has 4 nitrogen and oxygen atoms in total. The van der Waals surface area contributed by atoms with Crippen molar-refractivity contribution in [1.29, 1.82) is 0 Å². The minimum Gasteiger partial charge on any atom is -0.496 e. The van der Waals surface area contributed by atoms with Crippen LogP contribution < -0.4 is 15.8 Å². The zero-order valence-corrected chi connectivity index (χ0v) is 14.1. The standard InChI is InChI=1S/C18H29N3O/c1-14(2)12-20-17(19)21-13-18(10-6-7-11-18)15-8-4-5-9-16(15)22-3/h4-5,8-9,14H,6-7,10-13H2,1-3H3,(H3,19,20,21). The first-order chi connectivity index (χ1) is 10.6. The van der Waals surface area contributed by atoms with Gasteiger partial charge in [0.2, 0.25) is 0 Å². The molecule has 1 aliphatic rings. The second-order valence-corrected chi connectivity index (χ2v) is 6.66. The normalized spacial score (nSPS) is 17.7. The smallest absolute Gasteiger partial charge is 0.188 e. The monoisotopic (exact) mass is 303 g/mol. The summed E-state index contributed by atoms with van der Waals surface area (Å²) in [7, 11) is 1.74. The fourth-order valence-corrected chi connectivity index (χ4v) is 3.25. The maximum atomic E-state index is 6.02. The Balaban J connectivity index is 2.17. The van der Waals surface area contributed by atoms with Crippen LogP contribution in [-0.2, 0) is 5.41 Å². The molecule has 4 heteroatoms. The van der Waals surface area contributed by atoms with E-state index in [4.69, 9.17) is 10.5 Å². The molecule has 0 spiro atoms. The van der Waals surface area contributed by atoms with Gasteiger partial charge in [0, 0.05) is 17.5 Å². The number of rotatable bonds is 6. The molecule has 0 heterocycles. The Morgan fingerprint density at radius 2 is 2.00 bits per heavy atom. The van der Waals surface area contributed by atoms with Crippen molar-refractivity contribution in [1.82, 2.24) is 5.32 Å². The second-order valence-electron chi connectivity index (χ2n) is 6.66. The van der Waals surface area contributed by atoms with Crippen molar-refractivity contribution in [2.24, 2.45) is 16.6 Å². The Kier molecular flexibility index (Phi) is 5.69. The number of guanidine groups is 1. The summed E-state index contributed by atoms with van der Waals surface area (Å²) in [5, 5.41) is 3.20. The quantitative estimate of drug-likeness (QED) is 0.627. The number of hydrogen-bond donors (Lipinski definition) is 2. The molecule has 0 bridgehead atoms. The third-order valence-corrected chi connectivity index (χ3v) is 4.48. The van der Waals surface area contributed by atoms with Gasteiger partial charge in [-0.15, -0.1) is 0 Å². The second kappa shape index (κ2) is 7.52. The maximum Gasteiger partial charge on any atom is 0.188 e. The lowest BCUT2D eigenvalue weighted by Gasteiger charge is -2.29. The molecule has 3 N–H and O–H groups in total. The van der Waals surface area contributed by atoms with E-state index in [0.29, 0.717) is 11.9 Å². The van der Waals surface area contributed by atoms with Gasteiger partial charge in [-0.2, -0.15) is 0 Å². The lowest BCUT2D eigenvalue weighted by Crippen LogP contribution is -2.36. The number of nitrogens with one attached hydrogen (secondary N) is 1. The number of ether oxygens (including phenoxy) is 1. The zero-order valence-electron chi connectivity index (χ0n) is 14.1. The van der Waals surface area contributed by atoms with Gasteiger partial charge in [0.1, 0.15) is 5.75 Å². The average Bonchev–Trinajstić information content (AvgIpc) is 3.01. The maximum absolute atomic E-state index is 6.02. The molecule has 0 amide bonds. The van der Waals surface area contributed by atoms with E-state index in [1.165, 1.54) is 18.4 Å². The molecular weight excluding hydrogens is 274 g/mol. The number of benzene rings is 1. The summed E-state index contributed by atoms with van der Waals surface area (Å²) in [6, 6.07) is 8.33. The van der Waals surface area contributed by atoms with E-state index in [-0.39, 0.29) is 5.41 Å². The van der Waals surface area contributed by atoms with Crippen LogP contribution >= 0.6 is 0 Å². The minimum absolute atomic E-state index is 0.0662. The van der Waals surface area contributed by atoms with Crippen LogP contribution in [0.25, 0.3) is 0 Å².